The van der Waals surface area contributed by atoms with E-state index in [2.05, 4.69) is 64.0 Å². The summed E-state index contributed by atoms with van der Waals surface area (Å²) in [4.78, 5) is 2.48. The van der Waals surface area contributed by atoms with Gasteiger partial charge in [-0.05, 0) is 31.8 Å². The summed E-state index contributed by atoms with van der Waals surface area (Å²) in [6.45, 7) is 12.1. The van der Waals surface area contributed by atoms with E-state index in [1.165, 1.54) is 5.56 Å². The fourth-order valence-corrected chi connectivity index (χ4v) is 3.38. The lowest BCUT2D eigenvalue weighted by atomic mass is 10.2. The van der Waals surface area contributed by atoms with Gasteiger partial charge >= 0.3 is 0 Å². The van der Waals surface area contributed by atoms with Gasteiger partial charge in [0.05, 0.1) is 0 Å². The van der Waals surface area contributed by atoms with Crippen molar-refractivity contribution in [3.05, 3.63) is 28.2 Å². The SMILES string of the molecule is C[Si](C)(C)Oc1cc(Br)ccc1CN1CCNCC1. The highest BCUT2D eigenvalue weighted by molar-refractivity contribution is 9.10. The normalized spacial score (nSPS) is 17.5. The molecule has 3 nitrogen and oxygen atoms in total. The first-order valence-electron chi connectivity index (χ1n) is 6.84. The van der Waals surface area contributed by atoms with E-state index >= 15 is 0 Å². The van der Waals surface area contributed by atoms with Gasteiger partial charge in [-0.3, -0.25) is 4.90 Å². The fourth-order valence-electron chi connectivity index (χ4n) is 2.19. The summed E-state index contributed by atoms with van der Waals surface area (Å²) in [5, 5.41) is 3.39. The molecule has 2 rings (SSSR count). The zero-order chi connectivity index (χ0) is 13.9. The lowest BCUT2D eigenvalue weighted by molar-refractivity contribution is 0.231. The van der Waals surface area contributed by atoms with Gasteiger partial charge in [0.1, 0.15) is 5.75 Å². The highest BCUT2D eigenvalue weighted by Crippen LogP contribution is 2.27. The molecule has 0 atom stereocenters. The maximum Gasteiger partial charge on any atom is 0.242 e. The van der Waals surface area contributed by atoms with E-state index < -0.39 is 8.32 Å². The number of nitrogens with one attached hydrogen (secondary N) is 1. The standard InChI is InChI=1S/C14H23BrN2OSi/c1-19(2,3)18-14-10-13(15)5-4-12(14)11-17-8-6-16-7-9-17/h4-5,10,16H,6-9,11H2,1-3H3. The van der Waals surface area contributed by atoms with Crippen LogP contribution in [-0.2, 0) is 6.54 Å². The second-order valence-electron chi connectivity index (χ2n) is 5.99. The molecule has 5 heteroatoms. The third kappa shape index (κ3) is 4.91. The zero-order valence-corrected chi connectivity index (χ0v) is 14.6. The molecule has 1 aliphatic heterocycles. The van der Waals surface area contributed by atoms with E-state index in [4.69, 9.17) is 4.43 Å². The lowest BCUT2D eigenvalue weighted by Gasteiger charge is -2.29. The monoisotopic (exact) mass is 342 g/mol. The largest absolute Gasteiger partial charge is 0.544 e. The molecule has 19 heavy (non-hydrogen) atoms. The van der Waals surface area contributed by atoms with Gasteiger partial charge in [0.2, 0.25) is 8.32 Å². The molecule has 0 radical (unpaired) electrons. The van der Waals surface area contributed by atoms with Gasteiger partial charge in [0.15, 0.2) is 0 Å². The van der Waals surface area contributed by atoms with Crippen LogP contribution in [0.5, 0.6) is 5.75 Å². The van der Waals surface area contributed by atoms with Crippen LogP contribution in [0.4, 0.5) is 0 Å². The van der Waals surface area contributed by atoms with Crippen molar-refractivity contribution >= 4 is 24.2 Å². The number of rotatable bonds is 4. The average Bonchev–Trinajstić information content (AvgIpc) is 2.32. The van der Waals surface area contributed by atoms with E-state index in [0.29, 0.717) is 0 Å². The average molecular weight is 343 g/mol. The molecule has 1 saturated heterocycles. The van der Waals surface area contributed by atoms with Crippen molar-refractivity contribution in [3.63, 3.8) is 0 Å². The summed E-state index contributed by atoms with van der Waals surface area (Å²) in [5.41, 5.74) is 1.30. The predicted octanol–water partition coefficient (Wildman–Crippen LogP) is 3.07. The van der Waals surface area contributed by atoms with Crippen molar-refractivity contribution < 1.29 is 4.43 Å². The Morgan fingerprint density at radius 1 is 1.26 bits per heavy atom. The molecule has 0 bridgehead atoms. The number of halogens is 1. The Bertz CT molecular complexity index is 428. The van der Waals surface area contributed by atoms with Crippen LogP contribution in [0.25, 0.3) is 0 Å². The van der Waals surface area contributed by atoms with Crippen LogP contribution >= 0.6 is 15.9 Å². The highest BCUT2D eigenvalue weighted by Gasteiger charge is 2.20. The van der Waals surface area contributed by atoms with Gasteiger partial charge in [-0.2, -0.15) is 0 Å². The molecule has 0 amide bonds. The minimum atomic E-state index is -1.57. The maximum atomic E-state index is 6.22. The van der Waals surface area contributed by atoms with E-state index in [9.17, 15) is 0 Å². The first-order chi connectivity index (χ1) is 8.94. The molecular weight excluding hydrogens is 320 g/mol. The Hall–Kier alpha value is -0.363. The third-order valence-electron chi connectivity index (χ3n) is 3.05. The van der Waals surface area contributed by atoms with Crippen molar-refractivity contribution in [3.8, 4) is 5.75 Å². The van der Waals surface area contributed by atoms with Crippen LogP contribution in [0, 0.1) is 0 Å². The quantitative estimate of drug-likeness (QED) is 0.851. The molecule has 0 aromatic heterocycles. The predicted molar refractivity (Wildman–Crippen MR) is 86.3 cm³/mol. The van der Waals surface area contributed by atoms with E-state index in [0.717, 1.165) is 42.9 Å². The van der Waals surface area contributed by atoms with Crippen LogP contribution in [0.3, 0.4) is 0 Å². The minimum Gasteiger partial charge on any atom is -0.544 e. The van der Waals surface area contributed by atoms with Crippen LogP contribution < -0.4 is 9.74 Å². The summed E-state index contributed by atoms with van der Waals surface area (Å²) in [7, 11) is -1.57. The smallest absolute Gasteiger partial charge is 0.242 e. The summed E-state index contributed by atoms with van der Waals surface area (Å²) in [6.07, 6.45) is 0. The Labute approximate surface area is 125 Å². The molecule has 0 aliphatic carbocycles. The summed E-state index contributed by atoms with van der Waals surface area (Å²) in [6, 6.07) is 6.39. The van der Waals surface area contributed by atoms with Crippen molar-refractivity contribution in [1.82, 2.24) is 10.2 Å². The van der Waals surface area contributed by atoms with Gasteiger partial charge < -0.3 is 9.74 Å². The van der Waals surface area contributed by atoms with Gasteiger partial charge in [0, 0.05) is 42.8 Å². The van der Waals surface area contributed by atoms with Crippen LogP contribution in [-0.4, -0.2) is 39.4 Å². The third-order valence-corrected chi connectivity index (χ3v) is 4.37. The van der Waals surface area contributed by atoms with Gasteiger partial charge in [0.25, 0.3) is 0 Å². The van der Waals surface area contributed by atoms with Crippen molar-refractivity contribution in [2.24, 2.45) is 0 Å². The number of piperazine rings is 1. The Morgan fingerprint density at radius 3 is 2.58 bits per heavy atom. The molecule has 1 aromatic rings. The van der Waals surface area contributed by atoms with E-state index in [1.54, 1.807) is 0 Å². The molecule has 0 saturated carbocycles. The molecule has 1 fully saturated rings. The van der Waals surface area contributed by atoms with Crippen LogP contribution in [0.15, 0.2) is 22.7 Å². The summed E-state index contributed by atoms with van der Waals surface area (Å²) in [5.74, 6) is 1.05. The zero-order valence-electron chi connectivity index (χ0n) is 12.0. The van der Waals surface area contributed by atoms with Crippen molar-refractivity contribution in [1.29, 1.82) is 0 Å². The molecule has 0 spiro atoms. The van der Waals surface area contributed by atoms with Crippen LogP contribution in [0.2, 0.25) is 19.6 Å². The minimum absolute atomic E-state index is 0.981. The van der Waals surface area contributed by atoms with Crippen molar-refractivity contribution in [2.75, 3.05) is 26.2 Å². The maximum absolute atomic E-state index is 6.22. The summed E-state index contributed by atoms with van der Waals surface area (Å²) < 4.78 is 7.31. The molecular formula is C14H23BrN2OSi. The lowest BCUT2D eigenvalue weighted by Crippen LogP contribution is -2.43. The molecule has 1 N–H and O–H groups in total. The van der Waals surface area contributed by atoms with Gasteiger partial charge in [-0.25, -0.2) is 0 Å². The van der Waals surface area contributed by atoms with Crippen molar-refractivity contribution in [2.45, 2.75) is 26.2 Å². The fraction of sp³-hybridized carbons (Fsp3) is 0.571. The molecule has 0 unspecified atom stereocenters. The number of benzene rings is 1. The topological polar surface area (TPSA) is 24.5 Å². The number of hydrogen-bond acceptors (Lipinski definition) is 3. The molecule has 1 aliphatic rings. The van der Waals surface area contributed by atoms with E-state index in [1.807, 2.05) is 0 Å². The second kappa shape index (κ2) is 6.39. The number of hydrogen-bond donors (Lipinski definition) is 1. The molecule has 1 heterocycles. The van der Waals surface area contributed by atoms with Crippen LogP contribution in [0.1, 0.15) is 5.56 Å². The Kier molecular flexibility index (Phi) is 5.06. The van der Waals surface area contributed by atoms with Gasteiger partial charge in [-0.1, -0.05) is 22.0 Å². The first kappa shape index (κ1) is 15.0. The summed E-state index contributed by atoms with van der Waals surface area (Å²) >= 11 is 3.54. The molecule has 1 aromatic carbocycles. The van der Waals surface area contributed by atoms with Gasteiger partial charge in [-0.15, -0.1) is 0 Å². The Morgan fingerprint density at radius 2 is 1.95 bits per heavy atom. The Balaban J connectivity index is 2.13. The van der Waals surface area contributed by atoms with E-state index in [-0.39, 0.29) is 0 Å². The first-order valence-corrected chi connectivity index (χ1v) is 11.0. The second-order valence-corrected chi connectivity index (χ2v) is 11.3. The highest BCUT2D eigenvalue weighted by atomic mass is 79.9. The number of nitrogens with zero attached hydrogens (tertiary/aromatic N) is 1. The molecule has 106 valence electrons.